The summed E-state index contributed by atoms with van der Waals surface area (Å²) in [6, 6.07) is 6.23. The molecule has 1 aliphatic heterocycles. The van der Waals surface area contributed by atoms with Crippen LogP contribution in [0.3, 0.4) is 0 Å². The number of carbonyl (C=O) groups excluding carboxylic acids is 1. The molecule has 152 valence electrons. The number of nitrogens with zero attached hydrogens (tertiary/aromatic N) is 4. The molecule has 6 nitrogen and oxygen atoms in total. The summed E-state index contributed by atoms with van der Waals surface area (Å²) < 4.78 is 19.2. The van der Waals surface area contributed by atoms with Crippen molar-refractivity contribution in [1.82, 2.24) is 15.0 Å². The molecule has 2 aromatic rings. The van der Waals surface area contributed by atoms with E-state index in [0.29, 0.717) is 30.6 Å². The van der Waals surface area contributed by atoms with Gasteiger partial charge in [-0.25, -0.2) is 4.39 Å². The Kier molecular flexibility index (Phi) is 6.34. The van der Waals surface area contributed by atoms with E-state index in [9.17, 15) is 9.18 Å². The fourth-order valence-electron chi connectivity index (χ4n) is 3.47. The number of aromatic nitrogens is 1. The van der Waals surface area contributed by atoms with Crippen LogP contribution in [0.15, 0.2) is 28.8 Å². The number of rotatable bonds is 6. The molecule has 3 rings (SSSR count). The first kappa shape index (κ1) is 20.3. The summed E-state index contributed by atoms with van der Waals surface area (Å²) in [6.45, 7) is 10.4. The Morgan fingerprint density at radius 1 is 1.21 bits per heavy atom. The van der Waals surface area contributed by atoms with Crippen LogP contribution in [0.25, 0.3) is 11.3 Å². The third-order valence-electron chi connectivity index (χ3n) is 5.06. The van der Waals surface area contributed by atoms with Crippen LogP contribution in [-0.4, -0.2) is 60.6 Å². The molecule has 1 aromatic carbocycles. The summed E-state index contributed by atoms with van der Waals surface area (Å²) in [5, 5.41) is 4.31. The molecule has 0 unspecified atom stereocenters. The molecule has 1 fully saturated rings. The molecule has 0 N–H and O–H groups in total. The SMILES string of the molecule is CC(=O)N(Cc1c(-c2ccc(F)cc2)noc1N1CCN(C)CC1)CC(C)C. The molecule has 1 saturated heterocycles. The first-order chi connectivity index (χ1) is 13.3. The van der Waals surface area contributed by atoms with Crippen LogP contribution in [0.4, 0.5) is 10.3 Å². The second kappa shape index (κ2) is 8.73. The van der Waals surface area contributed by atoms with Crippen molar-refractivity contribution in [3.05, 3.63) is 35.6 Å². The highest BCUT2D eigenvalue weighted by Gasteiger charge is 2.27. The predicted octanol–water partition coefficient (Wildman–Crippen LogP) is 3.24. The maximum Gasteiger partial charge on any atom is 0.232 e. The fraction of sp³-hybridized carbons (Fsp3) is 0.524. The normalized spacial score (nSPS) is 15.3. The number of hydrogen-bond acceptors (Lipinski definition) is 5. The molecule has 1 aromatic heterocycles. The first-order valence-corrected chi connectivity index (χ1v) is 9.78. The Morgan fingerprint density at radius 2 is 1.86 bits per heavy atom. The van der Waals surface area contributed by atoms with Gasteiger partial charge in [-0.2, -0.15) is 0 Å². The van der Waals surface area contributed by atoms with E-state index in [4.69, 9.17) is 4.52 Å². The highest BCUT2D eigenvalue weighted by atomic mass is 19.1. The van der Waals surface area contributed by atoms with Crippen molar-refractivity contribution in [2.45, 2.75) is 27.3 Å². The summed E-state index contributed by atoms with van der Waals surface area (Å²) in [7, 11) is 2.10. The lowest BCUT2D eigenvalue weighted by atomic mass is 10.1. The number of carbonyl (C=O) groups is 1. The van der Waals surface area contributed by atoms with Crippen molar-refractivity contribution < 1.29 is 13.7 Å². The number of piperazine rings is 1. The Hall–Kier alpha value is -2.41. The van der Waals surface area contributed by atoms with Crippen molar-refractivity contribution in [3.63, 3.8) is 0 Å². The Bertz CT molecular complexity index is 795. The van der Waals surface area contributed by atoms with Gasteiger partial charge in [0.25, 0.3) is 0 Å². The molecule has 0 saturated carbocycles. The quantitative estimate of drug-likeness (QED) is 0.760. The van der Waals surface area contributed by atoms with E-state index < -0.39 is 0 Å². The van der Waals surface area contributed by atoms with Crippen LogP contribution in [0, 0.1) is 11.7 Å². The van der Waals surface area contributed by atoms with E-state index in [2.05, 4.69) is 35.9 Å². The summed E-state index contributed by atoms with van der Waals surface area (Å²) in [4.78, 5) is 18.5. The topological polar surface area (TPSA) is 52.8 Å². The van der Waals surface area contributed by atoms with E-state index in [1.54, 1.807) is 19.1 Å². The van der Waals surface area contributed by atoms with Gasteiger partial charge in [0.15, 0.2) is 0 Å². The molecule has 1 amide bonds. The van der Waals surface area contributed by atoms with E-state index in [0.717, 1.165) is 37.3 Å². The fourth-order valence-corrected chi connectivity index (χ4v) is 3.47. The zero-order chi connectivity index (χ0) is 20.3. The maximum atomic E-state index is 13.4. The van der Waals surface area contributed by atoms with Crippen LogP contribution in [0.2, 0.25) is 0 Å². The van der Waals surface area contributed by atoms with Gasteiger partial charge in [-0.05, 0) is 37.2 Å². The summed E-state index contributed by atoms with van der Waals surface area (Å²) >= 11 is 0. The van der Waals surface area contributed by atoms with Crippen LogP contribution >= 0.6 is 0 Å². The molecule has 0 aliphatic carbocycles. The average Bonchev–Trinajstić information content (AvgIpc) is 3.05. The number of benzene rings is 1. The molecule has 1 aliphatic rings. The monoisotopic (exact) mass is 388 g/mol. The molecule has 28 heavy (non-hydrogen) atoms. The summed E-state index contributed by atoms with van der Waals surface area (Å²) in [5.41, 5.74) is 2.34. The van der Waals surface area contributed by atoms with Gasteiger partial charge in [-0.15, -0.1) is 0 Å². The van der Waals surface area contributed by atoms with Gasteiger partial charge >= 0.3 is 0 Å². The number of halogens is 1. The van der Waals surface area contributed by atoms with E-state index >= 15 is 0 Å². The predicted molar refractivity (Wildman–Crippen MR) is 108 cm³/mol. The molecule has 0 spiro atoms. The second-order valence-electron chi connectivity index (χ2n) is 7.91. The third kappa shape index (κ3) is 4.70. The number of hydrogen-bond donors (Lipinski definition) is 0. The average molecular weight is 388 g/mol. The molecule has 0 bridgehead atoms. The molecule has 0 atom stereocenters. The Labute approximate surface area is 165 Å². The largest absolute Gasteiger partial charge is 0.338 e. The zero-order valence-electron chi connectivity index (χ0n) is 17.1. The van der Waals surface area contributed by atoms with Gasteiger partial charge in [-0.3, -0.25) is 4.79 Å². The standard InChI is InChI=1S/C21H29FN4O2/c1-15(2)13-26(16(3)27)14-19-20(17-5-7-18(22)8-6-17)23-28-21(19)25-11-9-24(4)10-12-25/h5-8,15H,9-14H2,1-4H3. The van der Waals surface area contributed by atoms with Gasteiger partial charge in [0, 0.05) is 45.2 Å². The number of anilines is 1. The highest BCUT2D eigenvalue weighted by molar-refractivity contribution is 5.75. The summed E-state index contributed by atoms with van der Waals surface area (Å²) in [5.74, 6) is 0.787. The first-order valence-electron chi connectivity index (χ1n) is 9.78. The van der Waals surface area contributed by atoms with E-state index in [-0.39, 0.29) is 11.7 Å². The minimum atomic E-state index is -0.293. The van der Waals surface area contributed by atoms with Crippen LogP contribution in [-0.2, 0) is 11.3 Å². The molecule has 0 radical (unpaired) electrons. The smallest absolute Gasteiger partial charge is 0.232 e. The van der Waals surface area contributed by atoms with E-state index in [1.807, 2.05) is 4.90 Å². The van der Waals surface area contributed by atoms with Crippen LogP contribution in [0.1, 0.15) is 26.3 Å². The lowest BCUT2D eigenvalue weighted by Crippen LogP contribution is -2.45. The summed E-state index contributed by atoms with van der Waals surface area (Å²) in [6.07, 6.45) is 0. The van der Waals surface area contributed by atoms with Gasteiger partial charge in [0.1, 0.15) is 11.5 Å². The van der Waals surface area contributed by atoms with Crippen LogP contribution in [0.5, 0.6) is 0 Å². The molecule has 7 heteroatoms. The highest BCUT2D eigenvalue weighted by Crippen LogP contribution is 2.33. The van der Waals surface area contributed by atoms with E-state index in [1.165, 1.54) is 12.1 Å². The molecular weight excluding hydrogens is 359 g/mol. The Balaban J connectivity index is 1.98. The minimum absolute atomic E-state index is 0.0179. The maximum absolute atomic E-state index is 13.4. The molecule has 2 heterocycles. The lowest BCUT2D eigenvalue weighted by Gasteiger charge is -2.33. The second-order valence-corrected chi connectivity index (χ2v) is 7.91. The third-order valence-corrected chi connectivity index (χ3v) is 5.06. The van der Waals surface area contributed by atoms with Crippen molar-refractivity contribution in [2.24, 2.45) is 5.92 Å². The van der Waals surface area contributed by atoms with Gasteiger partial charge in [0.05, 0.1) is 12.1 Å². The zero-order valence-corrected chi connectivity index (χ0v) is 17.1. The van der Waals surface area contributed by atoms with Crippen molar-refractivity contribution in [2.75, 3.05) is 44.7 Å². The van der Waals surface area contributed by atoms with Crippen LogP contribution < -0.4 is 4.90 Å². The molecular formula is C21H29FN4O2. The van der Waals surface area contributed by atoms with Crippen molar-refractivity contribution in [3.8, 4) is 11.3 Å². The minimum Gasteiger partial charge on any atom is -0.338 e. The van der Waals surface area contributed by atoms with Gasteiger partial charge < -0.3 is 19.2 Å². The Morgan fingerprint density at radius 3 is 2.43 bits per heavy atom. The number of amides is 1. The van der Waals surface area contributed by atoms with Crippen molar-refractivity contribution >= 4 is 11.8 Å². The van der Waals surface area contributed by atoms with Gasteiger partial charge in [0.2, 0.25) is 11.8 Å². The van der Waals surface area contributed by atoms with Gasteiger partial charge in [-0.1, -0.05) is 19.0 Å². The lowest BCUT2D eigenvalue weighted by molar-refractivity contribution is -0.129. The number of likely N-dealkylation sites (N-methyl/N-ethyl adjacent to an activating group) is 1. The van der Waals surface area contributed by atoms with Crippen molar-refractivity contribution in [1.29, 1.82) is 0 Å².